The SMILES string of the molecule is CCc1cccc(CC)c1NC(=O)CN1CCCN(S(=O)(=O)/C=C\c2ccccc2)CC1. The summed E-state index contributed by atoms with van der Waals surface area (Å²) >= 11 is 0. The average molecular weight is 456 g/mol. The van der Waals surface area contributed by atoms with Gasteiger partial charge in [0, 0.05) is 30.7 Å². The van der Waals surface area contributed by atoms with Gasteiger partial charge in [0.15, 0.2) is 0 Å². The molecule has 0 radical (unpaired) electrons. The second-order valence-corrected chi connectivity index (χ2v) is 9.81. The van der Waals surface area contributed by atoms with Gasteiger partial charge in [-0.05, 0) is 48.6 Å². The van der Waals surface area contributed by atoms with Crippen molar-refractivity contribution >= 4 is 27.7 Å². The van der Waals surface area contributed by atoms with Gasteiger partial charge in [0.05, 0.1) is 6.54 Å². The van der Waals surface area contributed by atoms with Gasteiger partial charge in [0.1, 0.15) is 0 Å². The Labute approximate surface area is 192 Å². The van der Waals surface area contributed by atoms with Crippen LogP contribution in [-0.2, 0) is 27.7 Å². The van der Waals surface area contributed by atoms with E-state index in [1.54, 1.807) is 6.08 Å². The Bertz CT molecular complexity index is 1010. The van der Waals surface area contributed by atoms with Crippen LogP contribution in [-0.4, -0.2) is 56.3 Å². The Morgan fingerprint density at radius 3 is 2.28 bits per heavy atom. The largest absolute Gasteiger partial charge is 0.324 e. The summed E-state index contributed by atoms with van der Waals surface area (Å²) in [6.07, 6.45) is 4.03. The summed E-state index contributed by atoms with van der Waals surface area (Å²) in [7, 11) is -3.50. The van der Waals surface area contributed by atoms with Gasteiger partial charge in [0.25, 0.3) is 0 Å². The van der Waals surface area contributed by atoms with Crippen molar-refractivity contribution in [1.29, 1.82) is 0 Å². The van der Waals surface area contributed by atoms with Crippen LogP contribution >= 0.6 is 0 Å². The van der Waals surface area contributed by atoms with E-state index < -0.39 is 10.0 Å². The summed E-state index contributed by atoms with van der Waals surface area (Å²) in [4.78, 5) is 14.8. The second kappa shape index (κ2) is 11.4. The zero-order chi connectivity index (χ0) is 23.0. The molecule has 1 aliphatic rings. The summed E-state index contributed by atoms with van der Waals surface area (Å²) in [5, 5.41) is 4.38. The molecule has 0 aliphatic carbocycles. The van der Waals surface area contributed by atoms with Gasteiger partial charge in [-0.15, -0.1) is 0 Å². The van der Waals surface area contributed by atoms with Crippen molar-refractivity contribution in [2.75, 3.05) is 38.0 Å². The highest BCUT2D eigenvalue weighted by Crippen LogP contribution is 2.22. The van der Waals surface area contributed by atoms with Crippen LogP contribution < -0.4 is 5.32 Å². The number of rotatable bonds is 8. The van der Waals surface area contributed by atoms with Crippen LogP contribution in [0.3, 0.4) is 0 Å². The van der Waals surface area contributed by atoms with Gasteiger partial charge in [-0.2, -0.15) is 4.31 Å². The van der Waals surface area contributed by atoms with Crippen molar-refractivity contribution < 1.29 is 13.2 Å². The quantitative estimate of drug-likeness (QED) is 0.658. The number of carbonyl (C=O) groups excluding carboxylic acids is 1. The molecule has 1 saturated heterocycles. The number of hydrogen-bond donors (Lipinski definition) is 1. The van der Waals surface area contributed by atoms with Crippen molar-refractivity contribution in [3.05, 3.63) is 70.6 Å². The van der Waals surface area contributed by atoms with Gasteiger partial charge in [-0.1, -0.05) is 62.4 Å². The molecule has 7 heteroatoms. The van der Waals surface area contributed by atoms with Crippen LogP contribution in [0, 0.1) is 0 Å². The van der Waals surface area contributed by atoms with E-state index in [0.717, 1.165) is 35.2 Å². The average Bonchev–Trinajstić information content (AvgIpc) is 3.04. The third-order valence-electron chi connectivity index (χ3n) is 5.77. The molecule has 0 unspecified atom stereocenters. The zero-order valence-corrected chi connectivity index (χ0v) is 19.8. The first-order chi connectivity index (χ1) is 15.4. The molecular weight excluding hydrogens is 422 g/mol. The van der Waals surface area contributed by atoms with E-state index in [2.05, 4.69) is 19.2 Å². The van der Waals surface area contributed by atoms with Crippen molar-refractivity contribution in [2.24, 2.45) is 0 Å². The predicted molar refractivity (Wildman–Crippen MR) is 131 cm³/mol. The molecule has 0 atom stereocenters. The molecule has 3 rings (SSSR count). The fraction of sp³-hybridized carbons (Fsp3) is 0.400. The van der Waals surface area contributed by atoms with Crippen molar-refractivity contribution in [2.45, 2.75) is 33.1 Å². The lowest BCUT2D eigenvalue weighted by Gasteiger charge is -2.21. The molecule has 0 spiro atoms. The Balaban J connectivity index is 1.59. The smallest absolute Gasteiger partial charge is 0.238 e. The molecule has 1 N–H and O–H groups in total. The van der Waals surface area contributed by atoms with Crippen molar-refractivity contribution in [1.82, 2.24) is 9.21 Å². The zero-order valence-electron chi connectivity index (χ0n) is 19.0. The molecule has 0 aromatic heterocycles. The van der Waals surface area contributed by atoms with Gasteiger partial charge >= 0.3 is 0 Å². The van der Waals surface area contributed by atoms with E-state index in [1.807, 2.05) is 53.4 Å². The Hall–Kier alpha value is -2.48. The Morgan fingerprint density at radius 2 is 1.62 bits per heavy atom. The fourth-order valence-electron chi connectivity index (χ4n) is 3.96. The highest BCUT2D eigenvalue weighted by molar-refractivity contribution is 7.92. The van der Waals surface area contributed by atoms with Gasteiger partial charge < -0.3 is 5.32 Å². The van der Waals surface area contributed by atoms with Crippen molar-refractivity contribution in [3.8, 4) is 0 Å². The van der Waals surface area contributed by atoms with E-state index in [0.29, 0.717) is 32.6 Å². The highest BCUT2D eigenvalue weighted by Gasteiger charge is 2.24. The molecule has 2 aromatic rings. The number of amides is 1. The number of para-hydroxylation sites is 1. The second-order valence-electron chi connectivity index (χ2n) is 7.99. The van der Waals surface area contributed by atoms with Crippen LogP contribution in [0.5, 0.6) is 0 Å². The lowest BCUT2D eigenvalue weighted by Crippen LogP contribution is -2.37. The summed E-state index contributed by atoms with van der Waals surface area (Å²) in [6, 6.07) is 15.5. The fourth-order valence-corrected chi connectivity index (χ4v) is 5.18. The van der Waals surface area contributed by atoms with Crippen LogP contribution in [0.4, 0.5) is 5.69 Å². The molecular formula is C25H33N3O3S. The number of anilines is 1. The minimum absolute atomic E-state index is 0.0547. The first kappa shape index (κ1) is 24.2. The van der Waals surface area contributed by atoms with Crippen LogP contribution in [0.2, 0.25) is 0 Å². The maximum atomic E-state index is 12.8. The van der Waals surface area contributed by atoms with Gasteiger partial charge in [-0.3, -0.25) is 9.69 Å². The van der Waals surface area contributed by atoms with E-state index in [9.17, 15) is 13.2 Å². The Kier molecular flexibility index (Phi) is 8.61. The van der Waals surface area contributed by atoms with Crippen LogP contribution in [0.1, 0.15) is 37.0 Å². The minimum atomic E-state index is -3.50. The topological polar surface area (TPSA) is 69.7 Å². The molecule has 2 aromatic carbocycles. The summed E-state index contributed by atoms with van der Waals surface area (Å²) in [5.41, 5.74) is 4.04. The Morgan fingerprint density at radius 1 is 0.938 bits per heavy atom. The number of nitrogens with one attached hydrogen (secondary N) is 1. The maximum absolute atomic E-state index is 12.8. The first-order valence-electron chi connectivity index (χ1n) is 11.3. The normalized spacial score (nSPS) is 16.2. The van der Waals surface area contributed by atoms with E-state index in [4.69, 9.17) is 0 Å². The predicted octanol–water partition coefficient (Wildman–Crippen LogP) is 3.76. The standard InChI is InChI=1S/C25H33N3O3S/c1-3-22-12-8-13-23(4-2)25(22)26-24(29)20-27-15-9-16-28(18-17-27)32(30,31)19-14-21-10-6-5-7-11-21/h5-8,10-14,19H,3-4,9,15-18,20H2,1-2H3,(H,26,29)/b19-14-. The van der Waals surface area contributed by atoms with Crippen molar-refractivity contribution in [3.63, 3.8) is 0 Å². The third-order valence-corrected chi connectivity index (χ3v) is 7.33. The van der Waals surface area contributed by atoms with Crippen LogP contribution in [0.15, 0.2) is 53.9 Å². The maximum Gasteiger partial charge on any atom is 0.238 e. The molecule has 0 bridgehead atoms. The number of hydrogen-bond acceptors (Lipinski definition) is 4. The number of sulfonamides is 1. The monoisotopic (exact) mass is 455 g/mol. The van der Waals surface area contributed by atoms with Gasteiger partial charge in [-0.25, -0.2) is 8.42 Å². The molecule has 32 heavy (non-hydrogen) atoms. The number of nitrogens with zero attached hydrogens (tertiary/aromatic N) is 2. The van der Waals surface area contributed by atoms with Gasteiger partial charge in [0.2, 0.25) is 15.9 Å². The molecule has 6 nitrogen and oxygen atoms in total. The molecule has 0 saturated carbocycles. The number of carbonyl (C=O) groups is 1. The summed E-state index contributed by atoms with van der Waals surface area (Å²) in [6.45, 7) is 6.48. The lowest BCUT2D eigenvalue weighted by molar-refractivity contribution is -0.117. The van der Waals surface area contributed by atoms with E-state index >= 15 is 0 Å². The van der Waals surface area contributed by atoms with E-state index in [-0.39, 0.29) is 12.5 Å². The summed E-state index contributed by atoms with van der Waals surface area (Å²) in [5.74, 6) is -0.0547. The van der Waals surface area contributed by atoms with Crippen LogP contribution in [0.25, 0.3) is 6.08 Å². The lowest BCUT2D eigenvalue weighted by atomic mass is 10.0. The molecule has 1 heterocycles. The first-order valence-corrected chi connectivity index (χ1v) is 12.8. The molecule has 1 amide bonds. The minimum Gasteiger partial charge on any atom is -0.324 e. The summed E-state index contributed by atoms with van der Waals surface area (Å²) < 4.78 is 27.0. The molecule has 1 fully saturated rings. The molecule has 1 aliphatic heterocycles. The third kappa shape index (κ3) is 6.51. The van der Waals surface area contributed by atoms with E-state index in [1.165, 1.54) is 9.71 Å². The number of aryl methyl sites for hydroxylation is 2. The number of benzene rings is 2. The highest BCUT2D eigenvalue weighted by atomic mass is 32.2. The molecule has 172 valence electrons.